The van der Waals surface area contributed by atoms with Gasteiger partial charge in [-0.05, 0) is 40.2 Å². The molecule has 11 heteroatoms. The Bertz CT molecular complexity index is 1340. The Hall–Kier alpha value is -2.76. The molecular formula is C20H12Br2N2O6S. The molecule has 2 aromatic heterocycles. The molecule has 0 radical (unpaired) electrons. The molecule has 0 spiro atoms. The Balaban J connectivity index is 1.44. The summed E-state index contributed by atoms with van der Waals surface area (Å²) < 4.78 is 12.6. The van der Waals surface area contributed by atoms with Gasteiger partial charge in [-0.15, -0.1) is 0 Å². The number of nitrogens with zero attached hydrogens (tertiary/aromatic N) is 1. The topological polar surface area (TPSA) is 119 Å². The molecule has 2 heterocycles. The number of carbonyl (C=O) groups excluding carboxylic acids is 2. The number of halogens is 2. The molecule has 1 aliphatic carbocycles. The quantitative estimate of drug-likeness (QED) is 0.433. The predicted molar refractivity (Wildman–Crippen MR) is 122 cm³/mol. The van der Waals surface area contributed by atoms with Crippen LogP contribution in [0.15, 0.2) is 60.4 Å². The smallest absolute Gasteiger partial charge is 0.338 e. The summed E-state index contributed by atoms with van der Waals surface area (Å²) >= 11 is 7.99. The maximum atomic E-state index is 12.4. The molecule has 0 saturated carbocycles. The first-order valence-corrected chi connectivity index (χ1v) is 11.1. The van der Waals surface area contributed by atoms with Crippen molar-refractivity contribution in [3.8, 4) is 5.75 Å². The lowest BCUT2D eigenvalue weighted by Gasteiger charge is -2.04. The number of allylic oxidation sites excluding steroid dienone is 3. The van der Waals surface area contributed by atoms with Crippen LogP contribution in [0, 0.1) is 0 Å². The number of thiazole rings is 1. The Morgan fingerprint density at radius 3 is 2.81 bits per heavy atom. The third-order valence-corrected chi connectivity index (χ3v) is 7.13. The molecule has 1 amide bonds. The van der Waals surface area contributed by atoms with Crippen molar-refractivity contribution in [2.45, 2.75) is 13.0 Å². The number of carbonyl (C=O) groups is 2. The summed E-state index contributed by atoms with van der Waals surface area (Å²) in [6.45, 7) is -0.259. The zero-order chi connectivity index (χ0) is 22.1. The van der Waals surface area contributed by atoms with Gasteiger partial charge in [0.25, 0.3) is 5.91 Å². The highest BCUT2D eigenvalue weighted by Gasteiger charge is 2.20. The number of aromatic hydroxyl groups is 1. The van der Waals surface area contributed by atoms with E-state index < -0.39 is 17.1 Å². The highest BCUT2D eigenvalue weighted by Crippen LogP contribution is 2.34. The van der Waals surface area contributed by atoms with Gasteiger partial charge in [-0.2, -0.15) is 0 Å². The number of fused-ring (bicyclic) bond motifs is 1. The van der Waals surface area contributed by atoms with Crippen molar-refractivity contribution in [2.75, 3.05) is 5.32 Å². The van der Waals surface area contributed by atoms with E-state index in [1.165, 1.54) is 11.3 Å². The largest absolute Gasteiger partial charge is 0.502 e. The Morgan fingerprint density at radius 1 is 1.29 bits per heavy atom. The van der Waals surface area contributed by atoms with Crippen molar-refractivity contribution >= 4 is 70.4 Å². The van der Waals surface area contributed by atoms with Crippen LogP contribution in [0.3, 0.4) is 0 Å². The molecule has 0 unspecified atom stereocenters. The van der Waals surface area contributed by atoms with E-state index in [-0.39, 0.29) is 23.8 Å². The Morgan fingerprint density at radius 2 is 2.10 bits per heavy atom. The zero-order valence-electron chi connectivity index (χ0n) is 15.5. The standard InChI is InChI=1S/C20H12Br2N2O6S/c21-12-3-10(4-13(12)22)18(27)24-20-23-14-2-1-9(5-17(14)31-20)19(28)30-7-11-6-15(25)16(26)8-29-11/h1-3,5-6,8,26H,4,7H2,(H,23,24,27). The van der Waals surface area contributed by atoms with E-state index in [0.717, 1.165) is 21.3 Å². The maximum Gasteiger partial charge on any atom is 0.338 e. The molecule has 2 N–H and O–H groups in total. The lowest BCUT2D eigenvalue weighted by Crippen LogP contribution is -2.13. The van der Waals surface area contributed by atoms with Crippen molar-refractivity contribution in [1.82, 2.24) is 4.98 Å². The second-order valence-electron chi connectivity index (χ2n) is 6.43. The average Bonchev–Trinajstić information content (AvgIpc) is 3.30. The highest BCUT2D eigenvalue weighted by molar-refractivity contribution is 9.14. The summed E-state index contributed by atoms with van der Waals surface area (Å²) in [7, 11) is 0. The van der Waals surface area contributed by atoms with Gasteiger partial charge in [0, 0.05) is 27.0 Å². The SMILES string of the molecule is O=C(Nc1nc2ccc(C(=O)OCc3cc(=O)c(O)co3)cc2s1)C1=CC(Br)=C(Br)C1. The van der Waals surface area contributed by atoms with Crippen molar-refractivity contribution in [2.24, 2.45) is 0 Å². The number of nitrogens with one attached hydrogen (secondary N) is 1. The number of rotatable bonds is 5. The van der Waals surface area contributed by atoms with Crippen LogP contribution in [0.2, 0.25) is 0 Å². The van der Waals surface area contributed by atoms with Gasteiger partial charge in [-0.25, -0.2) is 9.78 Å². The fraction of sp³-hybridized carbons (Fsp3) is 0.100. The Kier molecular flexibility index (Phi) is 6.08. The minimum atomic E-state index is -0.623. The molecule has 1 aromatic carbocycles. The number of amides is 1. The molecule has 0 fully saturated rings. The number of benzene rings is 1. The van der Waals surface area contributed by atoms with Crippen molar-refractivity contribution in [3.63, 3.8) is 0 Å². The van der Waals surface area contributed by atoms with Gasteiger partial charge in [-0.1, -0.05) is 27.3 Å². The van der Waals surface area contributed by atoms with Crippen molar-refractivity contribution in [1.29, 1.82) is 0 Å². The van der Waals surface area contributed by atoms with Gasteiger partial charge >= 0.3 is 5.97 Å². The van der Waals surface area contributed by atoms with Gasteiger partial charge in [0.2, 0.25) is 5.43 Å². The molecule has 8 nitrogen and oxygen atoms in total. The molecule has 0 bridgehead atoms. The first-order valence-electron chi connectivity index (χ1n) is 8.74. The predicted octanol–water partition coefficient (Wildman–Crippen LogP) is 4.58. The molecule has 3 aromatic rings. The van der Waals surface area contributed by atoms with Crippen LogP contribution >= 0.6 is 43.2 Å². The first-order chi connectivity index (χ1) is 14.8. The van der Waals surface area contributed by atoms with Gasteiger partial charge < -0.3 is 14.3 Å². The third kappa shape index (κ3) is 4.78. The lowest BCUT2D eigenvalue weighted by molar-refractivity contribution is -0.112. The Labute approximate surface area is 195 Å². The van der Waals surface area contributed by atoms with E-state index in [4.69, 9.17) is 9.15 Å². The van der Waals surface area contributed by atoms with E-state index in [1.807, 2.05) is 0 Å². The molecule has 0 saturated heterocycles. The van der Waals surface area contributed by atoms with Gasteiger partial charge in [-0.3, -0.25) is 14.9 Å². The number of hydrogen-bond acceptors (Lipinski definition) is 8. The van der Waals surface area contributed by atoms with Crippen LogP contribution in [0.5, 0.6) is 5.75 Å². The van der Waals surface area contributed by atoms with E-state index in [0.29, 0.717) is 27.3 Å². The number of ether oxygens (including phenoxy) is 1. The van der Waals surface area contributed by atoms with Gasteiger partial charge in [0.05, 0.1) is 15.8 Å². The second-order valence-corrected chi connectivity index (χ2v) is 9.27. The molecule has 31 heavy (non-hydrogen) atoms. The summed E-state index contributed by atoms with van der Waals surface area (Å²) in [6, 6.07) is 5.88. The van der Waals surface area contributed by atoms with E-state index >= 15 is 0 Å². The molecule has 158 valence electrons. The van der Waals surface area contributed by atoms with Crippen LogP contribution in [0.25, 0.3) is 10.2 Å². The second kappa shape index (κ2) is 8.77. The van der Waals surface area contributed by atoms with Crippen molar-refractivity contribution in [3.05, 3.63) is 72.7 Å². The minimum Gasteiger partial charge on any atom is -0.502 e. The fourth-order valence-electron chi connectivity index (χ4n) is 2.70. The molecule has 4 rings (SSSR count). The summed E-state index contributed by atoms with van der Waals surface area (Å²) in [4.78, 5) is 40.5. The highest BCUT2D eigenvalue weighted by atomic mass is 79.9. The summed E-state index contributed by atoms with van der Waals surface area (Å²) in [5.41, 5.74) is 0.887. The lowest BCUT2D eigenvalue weighted by atomic mass is 10.2. The number of aromatic nitrogens is 1. The van der Waals surface area contributed by atoms with Crippen LogP contribution < -0.4 is 10.7 Å². The van der Waals surface area contributed by atoms with Gasteiger partial charge in [0.15, 0.2) is 10.9 Å². The van der Waals surface area contributed by atoms with E-state index in [1.54, 1.807) is 24.3 Å². The first kappa shape index (κ1) is 21.5. The van der Waals surface area contributed by atoms with Crippen molar-refractivity contribution < 1.29 is 23.8 Å². The normalized spacial score (nSPS) is 13.4. The minimum absolute atomic E-state index is 0.106. The summed E-state index contributed by atoms with van der Waals surface area (Å²) in [6.07, 6.45) is 3.13. The summed E-state index contributed by atoms with van der Waals surface area (Å²) in [5.74, 6) is -1.28. The average molecular weight is 568 g/mol. The van der Waals surface area contributed by atoms with Crippen LogP contribution in [0.4, 0.5) is 5.13 Å². The fourth-order valence-corrected chi connectivity index (χ4v) is 4.43. The maximum absolute atomic E-state index is 12.4. The molecule has 0 aliphatic heterocycles. The van der Waals surface area contributed by atoms with Crippen LogP contribution in [-0.4, -0.2) is 22.0 Å². The number of hydrogen-bond donors (Lipinski definition) is 2. The van der Waals surface area contributed by atoms with Gasteiger partial charge in [0.1, 0.15) is 18.6 Å². The van der Waals surface area contributed by atoms with Crippen LogP contribution in [-0.2, 0) is 16.1 Å². The number of esters is 1. The number of anilines is 1. The zero-order valence-corrected chi connectivity index (χ0v) is 19.5. The monoisotopic (exact) mass is 566 g/mol. The molecule has 1 aliphatic rings. The van der Waals surface area contributed by atoms with E-state index in [2.05, 4.69) is 42.2 Å². The third-order valence-electron chi connectivity index (χ3n) is 4.25. The molecule has 0 atom stereocenters. The van der Waals surface area contributed by atoms with Crippen LogP contribution in [0.1, 0.15) is 22.5 Å². The molecular weight excluding hydrogens is 556 g/mol. The van der Waals surface area contributed by atoms with E-state index in [9.17, 15) is 19.5 Å². The summed E-state index contributed by atoms with van der Waals surface area (Å²) in [5, 5.41) is 12.4.